The maximum Gasteiger partial charge on any atom is 0.315 e. The molecule has 1 aromatic heterocycles. The minimum atomic E-state index is -0.454. The largest absolute Gasteiger partial charge is 0.475 e. The van der Waals surface area contributed by atoms with Crippen molar-refractivity contribution in [3.05, 3.63) is 23.9 Å². The number of nitrogens with zero attached hydrogens (tertiary/aromatic N) is 1. The van der Waals surface area contributed by atoms with Gasteiger partial charge in [-0.2, -0.15) is 0 Å². The molecule has 0 fully saturated rings. The van der Waals surface area contributed by atoms with Crippen LogP contribution in [0.15, 0.2) is 18.3 Å². The first kappa shape index (κ1) is 15.7. The molecule has 0 aliphatic rings. The molecule has 7 nitrogen and oxygen atoms in total. The Labute approximate surface area is 117 Å². The lowest BCUT2D eigenvalue weighted by Gasteiger charge is -2.13. The number of nitrogens with one attached hydrogen (secondary N) is 2. The van der Waals surface area contributed by atoms with Crippen molar-refractivity contribution in [3.63, 3.8) is 0 Å². The Hall–Kier alpha value is -2.31. The summed E-state index contributed by atoms with van der Waals surface area (Å²) in [6, 6.07) is 3.23. The van der Waals surface area contributed by atoms with Crippen LogP contribution in [0.3, 0.4) is 0 Å². The minimum Gasteiger partial charge on any atom is -0.475 e. The van der Waals surface area contributed by atoms with E-state index in [4.69, 9.17) is 10.5 Å². The van der Waals surface area contributed by atoms with Crippen molar-refractivity contribution >= 4 is 11.9 Å². The van der Waals surface area contributed by atoms with Crippen LogP contribution in [0.25, 0.3) is 0 Å². The minimum absolute atomic E-state index is 0.00745. The number of pyridine rings is 1. The van der Waals surface area contributed by atoms with Gasteiger partial charge in [-0.05, 0) is 19.9 Å². The summed E-state index contributed by atoms with van der Waals surface area (Å²) in [7, 11) is 0. The number of rotatable bonds is 7. The molecule has 0 spiro atoms. The Morgan fingerprint density at radius 1 is 1.40 bits per heavy atom. The average molecular weight is 280 g/mol. The second-order valence-corrected chi connectivity index (χ2v) is 4.46. The van der Waals surface area contributed by atoms with Crippen LogP contribution >= 0.6 is 0 Å². The van der Waals surface area contributed by atoms with Gasteiger partial charge in [0.2, 0.25) is 11.8 Å². The molecule has 0 aromatic carbocycles. The molecule has 110 valence electrons. The maximum atomic E-state index is 11.5. The van der Waals surface area contributed by atoms with Crippen molar-refractivity contribution in [2.75, 3.05) is 6.54 Å². The van der Waals surface area contributed by atoms with Crippen LogP contribution in [0.2, 0.25) is 0 Å². The molecule has 0 bridgehead atoms. The maximum absolute atomic E-state index is 11.5. The molecular weight excluding hydrogens is 260 g/mol. The first-order valence-corrected chi connectivity index (χ1v) is 6.39. The number of hydrogen-bond acceptors (Lipinski definition) is 4. The number of urea groups is 1. The number of hydrogen-bond donors (Lipinski definition) is 3. The zero-order valence-electron chi connectivity index (χ0n) is 11.7. The highest BCUT2D eigenvalue weighted by Crippen LogP contribution is 2.15. The Morgan fingerprint density at radius 2 is 2.15 bits per heavy atom. The summed E-state index contributed by atoms with van der Waals surface area (Å²) < 4.78 is 5.55. The van der Waals surface area contributed by atoms with E-state index in [1.807, 2.05) is 19.9 Å². The predicted octanol–water partition coefficient (Wildman–Crippen LogP) is 0.543. The highest BCUT2D eigenvalue weighted by atomic mass is 16.5. The van der Waals surface area contributed by atoms with Crippen molar-refractivity contribution in [3.8, 4) is 5.88 Å². The second-order valence-electron chi connectivity index (χ2n) is 4.46. The van der Waals surface area contributed by atoms with Crippen LogP contribution < -0.4 is 21.1 Å². The third kappa shape index (κ3) is 6.03. The molecule has 1 aromatic rings. The molecule has 0 unspecified atom stereocenters. The van der Waals surface area contributed by atoms with Crippen LogP contribution in [-0.4, -0.2) is 29.6 Å². The summed E-state index contributed by atoms with van der Waals surface area (Å²) in [5, 5.41) is 5.20. The van der Waals surface area contributed by atoms with Gasteiger partial charge in [-0.3, -0.25) is 4.79 Å². The van der Waals surface area contributed by atoms with Gasteiger partial charge < -0.3 is 21.1 Å². The molecule has 0 atom stereocenters. The molecule has 1 heterocycles. The van der Waals surface area contributed by atoms with Gasteiger partial charge in [0.15, 0.2) is 0 Å². The fourth-order valence-corrected chi connectivity index (χ4v) is 1.43. The van der Waals surface area contributed by atoms with Crippen LogP contribution in [-0.2, 0) is 11.3 Å². The van der Waals surface area contributed by atoms with Gasteiger partial charge in [0.1, 0.15) is 0 Å². The Bertz CT molecular complexity index is 463. The van der Waals surface area contributed by atoms with E-state index in [1.165, 1.54) is 0 Å². The van der Waals surface area contributed by atoms with Gasteiger partial charge >= 0.3 is 6.03 Å². The Morgan fingerprint density at radius 3 is 2.80 bits per heavy atom. The summed E-state index contributed by atoms with van der Waals surface area (Å²) in [6.07, 6.45) is 1.75. The fourth-order valence-electron chi connectivity index (χ4n) is 1.43. The molecule has 4 N–H and O–H groups in total. The van der Waals surface area contributed by atoms with E-state index in [0.717, 1.165) is 5.56 Å². The van der Waals surface area contributed by atoms with Crippen LogP contribution in [0, 0.1) is 0 Å². The third-order valence-electron chi connectivity index (χ3n) is 2.29. The SMILES string of the molecule is CC(C)Oc1ncccc1CNC(=O)NCCC(N)=O. The topological polar surface area (TPSA) is 106 Å². The van der Waals surface area contributed by atoms with E-state index in [-0.39, 0.29) is 31.6 Å². The monoisotopic (exact) mass is 280 g/mol. The highest BCUT2D eigenvalue weighted by Gasteiger charge is 2.08. The van der Waals surface area contributed by atoms with Gasteiger partial charge in [0.05, 0.1) is 6.10 Å². The molecule has 0 radical (unpaired) electrons. The second kappa shape index (κ2) is 7.98. The van der Waals surface area contributed by atoms with Crippen LogP contribution in [0.1, 0.15) is 25.8 Å². The zero-order valence-corrected chi connectivity index (χ0v) is 11.7. The molecule has 0 saturated heterocycles. The quantitative estimate of drug-likeness (QED) is 0.677. The number of amides is 3. The highest BCUT2D eigenvalue weighted by molar-refractivity contribution is 5.76. The van der Waals surface area contributed by atoms with E-state index >= 15 is 0 Å². The van der Waals surface area contributed by atoms with Gasteiger partial charge in [-0.25, -0.2) is 9.78 Å². The van der Waals surface area contributed by atoms with Crippen molar-refractivity contribution < 1.29 is 14.3 Å². The lowest BCUT2D eigenvalue weighted by Crippen LogP contribution is -2.36. The molecule has 1 rings (SSSR count). The Balaban J connectivity index is 2.44. The number of ether oxygens (including phenoxy) is 1. The standard InChI is InChI=1S/C13H20N4O3/c1-9(2)20-12-10(4-3-6-15-12)8-17-13(19)16-7-5-11(14)18/h3-4,6,9H,5,7-8H2,1-2H3,(H2,14,18)(H2,16,17,19). The van der Waals surface area contributed by atoms with E-state index in [1.54, 1.807) is 12.3 Å². The summed E-state index contributed by atoms with van der Waals surface area (Å²) in [6.45, 7) is 4.31. The number of carbonyl (C=O) groups excluding carboxylic acids is 2. The first-order chi connectivity index (χ1) is 9.49. The van der Waals surface area contributed by atoms with E-state index in [2.05, 4.69) is 15.6 Å². The smallest absolute Gasteiger partial charge is 0.315 e. The average Bonchev–Trinajstić information content (AvgIpc) is 2.36. The van der Waals surface area contributed by atoms with Gasteiger partial charge in [0.25, 0.3) is 0 Å². The molecule has 7 heteroatoms. The van der Waals surface area contributed by atoms with Gasteiger partial charge in [-0.1, -0.05) is 6.07 Å². The van der Waals surface area contributed by atoms with Crippen molar-refractivity contribution in [2.45, 2.75) is 32.9 Å². The summed E-state index contributed by atoms with van der Waals surface area (Å²) >= 11 is 0. The molecule has 0 saturated carbocycles. The van der Waals surface area contributed by atoms with Crippen molar-refractivity contribution in [2.24, 2.45) is 5.73 Å². The van der Waals surface area contributed by atoms with E-state index in [0.29, 0.717) is 5.88 Å². The number of nitrogens with two attached hydrogens (primary N) is 1. The lowest BCUT2D eigenvalue weighted by molar-refractivity contribution is -0.117. The van der Waals surface area contributed by atoms with Gasteiger partial charge in [0, 0.05) is 31.3 Å². The van der Waals surface area contributed by atoms with E-state index in [9.17, 15) is 9.59 Å². The summed E-state index contributed by atoms with van der Waals surface area (Å²) in [5.74, 6) is 0.0464. The molecule has 0 aliphatic carbocycles. The van der Waals surface area contributed by atoms with Crippen LogP contribution in [0.5, 0.6) is 5.88 Å². The third-order valence-corrected chi connectivity index (χ3v) is 2.29. The zero-order chi connectivity index (χ0) is 15.0. The first-order valence-electron chi connectivity index (χ1n) is 6.39. The predicted molar refractivity (Wildman–Crippen MR) is 74.1 cm³/mol. The van der Waals surface area contributed by atoms with E-state index < -0.39 is 5.91 Å². The molecule has 3 amide bonds. The Kier molecular flexibility index (Phi) is 6.28. The van der Waals surface area contributed by atoms with Crippen molar-refractivity contribution in [1.82, 2.24) is 15.6 Å². The number of carbonyl (C=O) groups is 2. The molecule has 20 heavy (non-hydrogen) atoms. The fraction of sp³-hybridized carbons (Fsp3) is 0.462. The summed E-state index contributed by atoms with van der Waals surface area (Å²) in [4.78, 5) is 26.2. The number of primary amides is 1. The number of aromatic nitrogens is 1. The lowest BCUT2D eigenvalue weighted by atomic mass is 10.2. The summed E-state index contributed by atoms with van der Waals surface area (Å²) in [5.41, 5.74) is 5.76. The van der Waals surface area contributed by atoms with Crippen molar-refractivity contribution in [1.29, 1.82) is 0 Å². The molecular formula is C13H20N4O3. The van der Waals surface area contributed by atoms with Crippen LogP contribution in [0.4, 0.5) is 4.79 Å². The molecule has 0 aliphatic heterocycles. The normalized spacial score (nSPS) is 10.2. The van der Waals surface area contributed by atoms with Gasteiger partial charge in [-0.15, -0.1) is 0 Å².